The van der Waals surface area contributed by atoms with Crippen LogP contribution in [0.15, 0.2) is 22.8 Å². The largest absolute Gasteiger partial charge is 0.464 e. The smallest absolute Gasteiger partial charge is 0.138 e. The fraction of sp³-hybridized carbons (Fsp3) is 0.111. The van der Waals surface area contributed by atoms with Gasteiger partial charge in [-0.15, -0.1) is 0 Å². The van der Waals surface area contributed by atoms with Crippen LogP contribution in [0.5, 0.6) is 0 Å². The van der Waals surface area contributed by atoms with Gasteiger partial charge in [0.05, 0.1) is 17.0 Å². The summed E-state index contributed by atoms with van der Waals surface area (Å²) in [6, 6.07) is 3.63. The highest BCUT2D eigenvalue weighted by Crippen LogP contribution is 2.31. The van der Waals surface area contributed by atoms with E-state index in [1.54, 1.807) is 6.26 Å². The van der Waals surface area contributed by atoms with E-state index in [0.717, 1.165) is 16.5 Å². The Kier molecular flexibility index (Phi) is 1.51. The molecule has 0 spiro atoms. The number of aryl methyl sites for hydroxylation is 1. The van der Waals surface area contributed by atoms with Crippen molar-refractivity contribution >= 4 is 28.3 Å². The molecule has 2 aromatic rings. The third kappa shape index (κ3) is 0.883. The normalized spacial score (nSPS) is 10.8. The first-order valence-corrected chi connectivity index (χ1v) is 3.99. The fourth-order valence-corrected chi connectivity index (χ4v) is 1.55. The molecule has 2 nitrogen and oxygen atoms in total. The minimum absolute atomic E-state index is 0.585. The maximum Gasteiger partial charge on any atom is 0.138 e. The second kappa shape index (κ2) is 2.42. The second-order valence-corrected chi connectivity index (χ2v) is 3.16. The van der Waals surface area contributed by atoms with Crippen molar-refractivity contribution in [3.05, 3.63) is 29.0 Å². The number of halogens is 1. The molecule has 12 heavy (non-hydrogen) atoms. The lowest BCUT2D eigenvalue weighted by Gasteiger charge is -2.01. The third-order valence-corrected chi connectivity index (χ3v) is 2.23. The molecule has 1 heterocycles. The Bertz CT molecular complexity index is 433. The van der Waals surface area contributed by atoms with E-state index in [1.165, 1.54) is 0 Å². The zero-order valence-corrected chi connectivity index (χ0v) is 7.35. The maximum absolute atomic E-state index is 5.88. The van der Waals surface area contributed by atoms with E-state index in [9.17, 15) is 0 Å². The lowest BCUT2D eigenvalue weighted by molar-refractivity contribution is 0.613. The number of furan rings is 1. The first-order chi connectivity index (χ1) is 5.70. The van der Waals surface area contributed by atoms with Crippen LogP contribution in [0.2, 0.25) is 5.02 Å². The van der Waals surface area contributed by atoms with Crippen molar-refractivity contribution < 1.29 is 4.42 Å². The van der Waals surface area contributed by atoms with E-state index in [1.807, 2.05) is 19.1 Å². The van der Waals surface area contributed by atoms with Gasteiger partial charge in [-0.3, -0.25) is 0 Å². The van der Waals surface area contributed by atoms with Crippen LogP contribution in [0.3, 0.4) is 0 Å². The number of fused-ring (bicyclic) bond motifs is 1. The summed E-state index contributed by atoms with van der Waals surface area (Å²) in [4.78, 5) is 0. The number of benzene rings is 1. The maximum atomic E-state index is 5.88. The van der Waals surface area contributed by atoms with E-state index < -0.39 is 0 Å². The summed E-state index contributed by atoms with van der Waals surface area (Å²) in [6.07, 6.45) is 1.62. The van der Waals surface area contributed by atoms with Crippen LogP contribution in [0.25, 0.3) is 11.0 Å². The van der Waals surface area contributed by atoms with E-state index in [0.29, 0.717) is 10.7 Å². The van der Waals surface area contributed by atoms with E-state index in [2.05, 4.69) is 0 Å². The van der Waals surface area contributed by atoms with E-state index >= 15 is 0 Å². The summed E-state index contributed by atoms with van der Waals surface area (Å²) in [5, 5.41) is 1.47. The molecule has 0 amide bonds. The molecular formula is C9H8ClNO. The van der Waals surface area contributed by atoms with E-state index in [4.69, 9.17) is 21.8 Å². The highest BCUT2D eigenvalue weighted by Gasteiger charge is 2.07. The van der Waals surface area contributed by atoms with Crippen molar-refractivity contribution in [2.45, 2.75) is 6.92 Å². The molecule has 0 aliphatic rings. The van der Waals surface area contributed by atoms with Gasteiger partial charge in [0.2, 0.25) is 0 Å². The lowest BCUT2D eigenvalue weighted by Crippen LogP contribution is -1.88. The zero-order chi connectivity index (χ0) is 8.72. The Balaban J connectivity index is 2.97. The highest BCUT2D eigenvalue weighted by molar-refractivity contribution is 6.34. The molecule has 0 aliphatic heterocycles. The third-order valence-electron chi connectivity index (χ3n) is 1.91. The molecule has 3 heteroatoms. The monoisotopic (exact) mass is 181 g/mol. The number of rotatable bonds is 0. The minimum Gasteiger partial charge on any atom is -0.464 e. The van der Waals surface area contributed by atoms with Crippen molar-refractivity contribution in [2.75, 3.05) is 5.73 Å². The van der Waals surface area contributed by atoms with Crippen molar-refractivity contribution in [1.82, 2.24) is 0 Å². The van der Waals surface area contributed by atoms with Gasteiger partial charge in [-0.1, -0.05) is 11.6 Å². The SMILES string of the molecule is Cc1cc(Cl)c(N)c2ccoc12. The molecule has 0 unspecified atom stereocenters. The molecule has 2 rings (SSSR count). The number of nitrogen functional groups attached to an aromatic ring is 1. The predicted molar refractivity (Wildman–Crippen MR) is 50.4 cm³/mol. The van der Waals surface area contributed by atoms with Crippen LogP contribution in [-0.2, 0) is 0 Å². The Morgan fingerprint density at radius 3 is 3.00 bits per heavy atom. The summed E-state index contributed by atoms with van der Waals surface area (Å²) >= 11 is 5.88. The number of hydrogen-bond donors (Lipinski definition) is 1. The Labute approximate surface area is 74.9 Å². The quantitative estimate of drug-likeness (QED) is 0.635. The highest BCUT2D eigenvalue weighted by atomic mass is 35.5. The Morgan fingerprint density at radius 2 is 2.25 bits per heavy atom. The van der Waals surface area contributed by atoms with Gasteiger partial charge in [-0.05, 0) is 24.6 Å². The minimum atomic E-state index is 0.585. The molecule has 0 bridgehead atoms. The molecule has 1 aromatic carbocycles. The average Bonchev–Trinajstić information content (AvgIpc) is 2.48. The van der Waals surface area contributed by atoms with Crippen LogP contribution >= 0.6 is 11.6 Å². The van der Waals surface area contributed by atoms with Gasteiger partial charge >= 0.3 is 0 Å². The molecule has 0 atom stereocenters. The molecular weight excluding hydrogens is 174 g/mol. The van der Waals surface area contributed by atoms with Gasteiger partial charge in [0.1, 0.15) is 5.58 Å². The summed E-state index contributed by atoms with van der Waals surface area (Å²) in [6.45, 7) is 1.94. The van der Waals surface area contributed by atoms with Gasteiger partial charge in [0, 0.05) is 5.39 Å². The summed E-state index contributed by atoms with van der Waals surface area (Å²) < 4.78 is 5.25. The Morgan fingerprint density at radius 1 is 1.50 bits per heavy atom. The van der Waals surface area contributed by atoms with Gasteiger partial charge in [0.15, 0.2) is 0 Å². The van der Waals surface area contributed by atoms with Crippen molar-refractivity contribution in [3.63, 3.8) is 0 Å². The molecule has 2 N–H and O–H groups in total. The van der Waals surface area contributed by atoms with Crippen molar-refractivity contribution in [1.29, 1.82) is 0 Å². The first kappa shape index (κ1) is 7.50. The average molecular weight is 182 g/mol. The second-order valence-electron chi connectivity index (χ2n) is 2.75. The predicted octanol–water partition coefficient (Wildman–Crippen LogP) is 2.98. The van der Waals surface area contributed by atoms with Crippen molar-refractivity contribution in [2.24, 2.45) is 0 Å². The Hall–Kier alpha value is -1.15. The summed E-state index contributed by atoms with van der Waals surface area (Å²) in [5.74, 6) is 0. The van der Waals surface area contributed by atoms with Gasteiger partial charge in [-0.2, -0.15) is 0 Å². The van der Waals surface area contributed by atoms with Crippen molar-refractivity contribution in [3.8, 4) is 0 Å². The zero-order valence-electron chi connectivity index (χ0n) is 6.60. The van der Waals surface area contributed by atoms with E-state index in [-0.39, 0.29) is 0 Å². The van der Waals surface area contributed by atoms with Gasteiger partial charge in [0.25, 0.3) is 0 Å². The molecule has 0 fully saturated rings. The topological polar surface area (TPSA) is 39.2 Å². The van der Waals surface area contributed by atoms with Gasteiger partial charge in [-0.25, -0.2) is 0 Å². The van der Waals surface area contributed by atoms with Crippen LogP contribution in [-0.4, -0.2) is 0 Å². The number of anilines is 1. The summed E-state index contributed by atoms with van der Waals surface area (Å²) in [5.41, 5.74) is 8.15. The fourth-order valence-electron chi connectivity index (χ4n) is 1.29. The van der Waals surface area contributed by atoms with Gasteiger partial charge < -0.3 is 10.2 Å². The number of nitrogens with two attached hydrogens (primary N) is 1. The summed E-state index contributed by atoms with van der Waals surface area (Å²) in [7, 11) is 0. The van der Waals surface area contributed by atoms with Crippen LogP contribution in [0.4, 0.5) is 5.69 Å². The van der Waals surface area contributed by atoms with Crippen LogP contribution < -0.4 is 5.73 Å². The first-order valence-electron chi connectivity index (χ1n) is 3.62. The van der Waals surface area contributed by atoms with Crippen LogP contribution in [0.1, 0.15) is 5.56 Å². The lowest BCUT2D eigenvalue weighted by atomic mass is 10.1. The molecule has 0 aliphatic carbocycles. The molecule has 0 radical (unpaired) electrons. The standard InChI is InChI=1S/C9H8ClNO/c1-5-4-7(10)8(11)6-2-3-12-9(5)6/h2-4H,11H2,1H3. The molecule has 1 aromatic heterocycles. The molecule has 0 saturated carbocycles. The molecule has 0 saturated heterocycles. The molecule has 62 valence electrons. The number of hydrogen-bond acceptors (Lipinski definition) is 2. The van der Waals surface area contributed by atoms with Crippen LogP contribution in [0, 0.1) is 6.92 Å².